The Hall–Kier alpha value is -2.12. The quantitative estimate of drug-likeness (QED) is 0.561. The number of carbonyl (C=O) groups excluding carboxylic acids is 3. The molecule has 0 spiro atoms. The third-order valence-electron chi connectivity index (χ3n) is 5.01. The highest BCUT2D eigenvalue weighted by Gasteiger charge is 2.72. The van der Waals surface area contributed by atoms with Gasteiger partial charge in [0.05, 0.1) is 13.5 Å². The lowest BCUT2D eigenvalue weighted by atomic mass is 9.72. The van der Waals surface area contributed by atoms with Crippen LogP contribution in [0.5, 0.6) is 0 Å². The van der Waals surface area contributed by atoms with Crippen LogP contribution in [0.1, 0.15) is 32.8 Å². The summed E-state index contributed by atoms with van der Waals surface area (Å²) in [5.41, 5.74) is 0.358. The molecule has 0 N–H and O–H groups in total. The van der Waals surface area contributed by atoms with Gasteiger partial charge in [-0.15, -0.1) is 11.6 Å². The van der Waals surface area contributed by atoms with Crippen molar-refractivity contribution < 1.29 is 28.6 Å². The maximum atomic E-state index is 12.8. The normalized spacial score (nSPS) is 29.1. The standard InChI is InChI=1S/C20H24ClNO6/c1-19(2,3)17-22(18(25)26-4)14-15(24)20(21,16(14)28-17)10-13(23)27-11-12-8-6-5-7-9-12/h5-9,14,16-17H,10-11H2,1-4H3/t14-,16-,17+,20-/m0/s1. The van der Waals surface area contributed by atoms with Crippen molar-refractivity contribution in [2.24, 2.45) is 5.41 Å². The van der Waals surface area contributed by atoms with Crippen LogP contribution in [0, 0.1) is 5.41 Å². The summed E-state index contributed by atoms with van der Waals surface area (Å²) in [6.45, 7) is 5.74. The molecule has 1 aliphatic carbocycles. The number of nitrogens with zero attached hydrogens (tertiary/aromatic N) is 1. The summed E-state index contributed by atoms with van der Waals surface area (Å²) in [5.74, 6) is -1.04. The zero-order valence-corrected chi connectivity index (χ0v) is 17.1. The number of benzene rings is 1. The van der Waals surface area contributed by atoms with Crippen LogP contribution in [0.2, 0.25) is 0 Å². The maximum absolute atomic E-state index is 12.8. The van der Waals surface area contributed by atoms with E-state index >= 15 is 0 Å². The van der Waals surface area contributed by atoms with Gasteiger partial charge in [-0.3, -0.25) is 14.5 Å². The Bertz CT molecular complexity index is 777. The monoisotopic (exact) mass is 409 g/mol. The Morgan fingerprint density at radius 1 is 1.25 bits per heavy atom. The molecular formula is C20H24ClNO6. The second-order valence-electron chi connectivity index (χ2n) is 8.15. The topological polar surface area (TPSA) is 82.1 Å². The molecule has 0 unspecified atom stereocenters. The Balaban J connectivity index is 1.71. The van der Waals surface area contributed by atoms with Gasteiger partial charge in [-0.25, -0.2) is 4.79 Å². The highest BCUT2D eigenvalue weighted by Crippen LogP contribution is 2.51. The summed E-state index contributed by atoms with van der Waals surface area (Å²) in [7, 11) is 1.24. The lowest BCUT2D eigenvalue weighted by Crippen LogP contribution is -2.70. The summed E-state index contributed by atoms with van der Waals surface area (Å²) in [5, 5.41) is 0. The van der Waals surface area contributed by atoms with Gasteiger partial charge < -0.3 is 14.2 Å². The Kier molecular flexibility index (Phi) is 5.42. The molecule has 8 heteroatoms. The molecule has 1 heterocycles. The number of halogens is 1. The van der Waals surface area contributed by atoms with E-state index in [0.717, 1.165) is 5.56 Å². The fraction of sp³-hybridized carbons (Fsp3) is 0.550. The van der Waals surface area contributed by atoms with Crippen molar-refractivity contribution in [2.45, 2.75) is 57.0 Å². The van der Waals surface area contributed by atoms with E-state index in [1.807, 2.05) is 51.1 Å². The van der Waals surface area contributed by atoms with Crippen LogP contribution in [0.4, 0.5) is 4.79 Å². The summed E-state index contributed by atoms with van der Waals surface area (Å²) in [6, 6.07) is 8.34. The van der Waals surface area contributed by atoms with E-state index in [4.69, 9.17) is 25.8 Å². The lowest BCUT2D eigenvalue weighted by molar-refractivity contribution is -0.155. The van der Waals surface area contributed by atoms with E-state index in [1.165, 1.54) is 12.0 Å². The number of ketones is 1. The van der Waals surface area contributed by atoms with Crippen LogP contribution in [-0.2, 0) is 30.4 Å². The molecule has 1 saturated carbocycles. The summed E-state index contributed by atoms with van der Waals surface area (Å²) in [4.78, 5) is 37.1. The van der Waals surface area contributed by atoms with Gasteiger partial charge in [0.15, 0.2) is 5.78 Å². The molecule has 2 fully saturated rings. The van der Waals surface area contributed by atoms with E-state index in [9.17, 15) is 14.4 Å². The second kappa shape index (κ2) is 7.37. The molecule has 152 valence electrons. The number of esters is 1. The summed E-state index contributed by atoms with van der Waals surface area (Å²) < 4.78 is 16.0. The predicted octanol–water partition coefficient (Wildman–Crippen LogP) is 2.89. The number of amides is 1. The molecule has 0 radical (unpaired) electrons. The molecule has 1 aromatic rings. The van der Waals surface area contributed by atoms with Gasteiger partial charge in [0.1, 0.15) is 29.9 Å². The van der Waals surface area contributed by atoms with Crippen molar-refractivity contribution in [1.29, 1.82) is 0 Å². The minimum Gasteiger partial charge on any atom is -0.461 e. The summed E-state index contributed by atoms with van der Waals surface area (Å²) >= 11 is 6.51. The molecule has 1 amide bonds. The van der Waals surface area contributed by atoms with Crippen LogP contribution in [0.3, 0.4) is 0 Å². The van der Waals surface area contributed by atoms with Crippen molar-refractivity contribution in [1.82, 2.24) is 4.90 Å². The number of carbonyl (C=O) groups is 3. The summed E-state index contributed by atoms with van der Waals surface area (Å²) in [6.07, 6.45) is -2.48. The van der Waals surface area contributed by atoms with Crippen LogP contribution in [0.15, 0.2) is 30.3 Å². The first kappa shape index (κ1) is 20.6. The van der Waals surface area contributed by atoms with Crippen LogP contribution < -0.4 is 0 Å². The highest BCUT2D eigenvalue weighted by molar-refractivity contribution is 6.41. The van der Waals surface area contributed by atoms with Crippen LogP contribution >= 0.6 is 11.6 Å². The zero-order valence-electron chi connectivity index (χ0n) is 16.3. The number of hydrogen-bond donors (Lipinski definition) is 0. The molecule has 4 atom stereocenters. The average Bonchev–Trinajstić information content (AvgIpc) is 3.05. The largest absolute Gasteiger partial charge is 0.461 e. The van der Waals surface area contributed by atoms with Crippen molar-refractivity contribution in [3.63, 3.8) is 0 Å². The van der Waals surface area contributed by atoms with Gasteiger partial charge in [-0.05, 0) is 5.56 Å². The first-order valence-electron chi connectivity index (χ1n) is 9.04. The van der Waals surface area contributed by atoms with Gasteiger partial charge in [0, 0.05) is 5.41 Å². The molecule has 1 aliphatic heterocycles. The molecule has 1 aromatic carbocycles. The fourth-order valence-electron chi connectivity index (χ4n) is 3.61. The van der Waals surface area contributed by atoms with Crippen molar-refractivity contribution in [2.75, 3.05) is 7.11 Å². The van der Waals surface area contributed by atoms with Crippen LogP contribution in [0.25, 0.3) is 0 Å². The van der Waals surface area contributed by atoms with E-state index in [2.05, 4.69) is 0 Å². The molecule has 0 aromatic heterocycles. The smallest absolute Gasteiger partial charge is 0.412 e. The maximum Gasteiger partial charge on any atom is 0.412 e. The number of rotatable bonds is 4. The molecular weight excluding hydrogens is 386 g/mol. The van der Waals surface area contributed by atoms with Crippen molar-refractivity contribution in [3.05, 3.63) is 35.9 Å². The van der Waals surface area contributed by atoms with Gasteiger partial charge in [-0.2, -0.15) is 0 Å². The molecule has 2 aliphatic rings. The van der Waals surface area contributed by atoms with Gasteiger partial charge in [0.2, 0.25) is 0 Å². The highest BCUT2D eigenvalue weighted by atomic mass is 35.5. The third-order valence-corrected chi connectivity index (χ3v) is 5.55. The molecule has 7 nitrogen and oxygen atoms in total. The lowest BCUT2D eigenvalue weighted by Gasteiger charge is -2.44. The van der Waals surface area contributed by atoms with E-state index < -0.39 is 46.5 Å². The van der Waals surface area contributed by atoms with Gasteiger partial charge in [-0.1, -0.05) is 51.1 Å². The van der Waals surface area contributed by atoms with Gasteiger partial charge >= 0.3 is 12.1 Å². The fourth-order valence-corrected chi connectivity index (χ4v) is 4.00. The van der Waals surface area contributed by atoms with E-state index in [-0.39, 0.29) is 13.0 Å². The minimum absolute atomic E-state index is 0.0920. The molecule has 28 heavy (non-hydrogen) atoms. The zero-order chi connectivity index (χ0) is 20.7. The average molecular weight is 410 g/mol. The Morgan fingerprint density at radius 2 is 1.89 bits per heavy atom. The number of hydrogen-bond acceptors (Lipinski definition) is 6. The Labute approximate surface area is 168 Å². The molecule has 1 saturated heterocycles. The van der Waals surface area contributed by atoms with E-state index in [0.29, 0.717) is 0 Å². The number of ether oxygens (including phenoxy) is 3. The second-order valence-corrected chi connectivity index (χ2v) is 8.82. The molecule has 0 bridgehead atoms. The number of Topliss-reactive ketones (excluding diaryl/α,β-unsaturated/α-hetero) is 1. The molecule has 3 rings (SSSR count). The predicted molar refractivity (Wildman–Crippen MR) is 101 cm³/mol. The number of alkyl halides is 1. The first-order chi connectivity index (χ1) is 13.1. The van der Waals surface area contributed by atoms with E-state index in [1.54, 1.807) is 0 Å². The van der Waals surface area contributed by atoms with Gasteiger partial charge in [0.25, 0.3) is 0 Å². The number of methoxy groups -OCH3 is 1. The SMILES string of the molecule is COC(=O)N1[C@H]2C(=O)[C@@](Cl)(CC(=O)OCc3ccccc3)[C@H]2O[C@@H]1C(C)(C)C. The third kappa shape index (κ3) is 3.49. The minimum atomic E-state index is -1.55. The number of fused-ring (bicyclic) bond motifs is 1. The van der Waals surface area contributed by atoms with Crippen molar-refractivity contribution >= 4 is 29.4 Å². The van der Waals surface area contributed by atoms with Crippen molar-refractivity contribution in [3.8, 4) is 0 Å². The van der Waals surface area contributed by atoms with Crippen LogP contribution in [-0.4, -0.2) is 53.1 Å². The Morgan fingerprint density at radius 3 is 2.46 bits per heavy atom. The first-order valence-corrected chi connectivity index (χ1v) is 9.42.